The van der Waals surface area contributed by atoms with Crippen LogP contribution < -0.4 is 10.2 Å². The second kappa shape index (κ2) is 7.77. The van der Waals surface area contributed by atoms with Crippen molar-refractivity contribution in [3.63, 3.8) is 0 Å². The molecule has 0 heterocycles. The molecule has 2 rings (SSSR count). The summed E-state index contributed by atoms with van der Waals surface area (Å²) in [6.45, 7) is 8.41. The van der Waals surface area contributed by atoms with Gasteiger partial charge in [-0.1, -0.05) is 62.7 Å². The van der Waals surface area contributed by atoms with Gasteiger partial charge in [0.2, 0.25) is 0 Å². The van der Waals surface area contributed by atoms with Crippen molar-refractivity contribution < 1.29 is 9.53 Å². The highest BCUT2D eigenvalue weighted by atomic mass is 16.5. The van der Waals surface area contributed by atoms with E-state index in [1.807, 2.05) is 55.5 Å². The van der Waals surface area contributed by atoms with E-state index in [1.54, 1.807) is 6.21 Å². The summed E-state index contributed by atoms with van der Waals surface area (Å²) in [5.41, 5.74) is 5.87. The van der Waals surface area contributed by atoms with Gasteiger partial charge in [0.1, 0.15) is 5.75 Å². The number of aryl methyl sites for hydroxylation is 1. The Kier molecular flexibility index (Phi) is 5.74. The van der Waals surface area contributed by atoms with E-state index in [0.717, 1.165) is 11.1 Å². The van der Waals surface area contributed by atoms with Gasteiger partial charge in [0.25, 0.3) is 5.91 Å². The molecule has 0 atom stereocenters. The second-order valence-corrected chi connectivity index (χ2v) is 6.77. The summed E-state index contributed by atoms with van der Waals surface area (Å²) in [7, 11) is 0. The lowest BCUT2D eigenvalue weighted by molar-refractivity contribution is -0.123. The Morgan fingerprint density at radius 2 is 1.88 bits per heavy atom. The lowest BCUT2D eigenvalue weighted by Gasteiger charge is -2.19. The number of amides is 1. The number of rotatable bonds is 5. The zero-order valence-electron chi connectivity index (χ0n) is 14.7. The third-order valence-electron chi connectivity index (χ3n) is 3.54. The van der Waals surface area contributed by atoms with Crippen molar-refractivity contribution >= 4 is 12.1 Å². The molecule has 4 nitrogen and oxygen atoms in total. The van der Waals surface area contributed by atoms with Crippen LogP contribution in [-0.4, -0.2) is 18.7 Å². The number of nitrogens with one attached hydrogen (secondary N) is 1. The SMILES string of the molecule is Cc1cccc(/C=N/NC(=O)COc2ccc(C(C)(C)C)cc2)c1. The summed E-state index contributed by atoms with van der Waals surface area (Å²) in [5, 5.41) is 3.94. The number of hydrazone groups is 1. The molecule has 1 amide bonds. The van der Waals surface area contributed by atoms with E-state index in [2.05, 4.69) is 31.3 Å². The molecule has 126 valence electrons. The van der Waals surface area contributed by atoms with Gasteiger partial charge in [-0.3, -0.25) is 4.79 Å². The van der Waals surface area contributed by atoms with Gasteiger partial charge in [-0.05, 0) is 35.6 Å². The van der Waals surface area contributed by atoms with Gasteiger partial charge < -0.3 is 4.74 Å². The van der Waals surface area contributed by atoms with Crippen LogP contribution in [0.3, 0.4) is 0 Å². The monoisotopic (exact) mass is 324 g/mol. The molecule has 0 bridgehead atoms. The smallest absolute Gasteiger partial charge is 0.277 e. The first-order valence-corrected chi connectivity index (χ1v) is 7.96. The molecule has 0 aromatic heterocycles. The second-order valence-electron chi connectivity index (χ2n) is 6.77. The van der Waals surface area contributed by atoms with E-state index in [-0.39, 0.29) is 17.9 Å². The minimum absolute atomic E-state index is 0.0694. The normalized spacial score (nSPS) is 11.5. The van der Waals surface area contributed by atoms with Gasteiger partial charge in [0, 0.05) is 0 Å². The third-order valence-corrected chi connectivity index (χ3v) is 3.54. The van der Waals surface area contributed by atoms with Crippen LogP contribution >= 0.6 is 0 Å². The van der Waals surface area contributed by atoms with E-state index in [1.165, 1.54) is 5.56 Å². The van der Waals surface area contributed by atoms with Crippen LogP contribution in [0.4, 0.5) is 0 Å². The predicted molar refractivity (Wildman–Crippen MR) is 97.6 cm³/mol. The maximum atomic E-state index is 11.7. The minimum Gasteiger partial charge on any atom is -0.484 e. The third kappa shape index (κ3) is 5.54. The largest absolute Gasteiger partial charge is 0.484 e. The molecule has 0 aliphatic heterocycles. The Bertz CT molecular complexity index is 713. The van der Waals surface area contributed by atoms with Crippen LogP contribution in [0, 0.1) is 6.92 Å². The van der Waals surface area contributed by atoms with Crippen molar-refractivity contribution in [2.45, 2.75) is 33.1 Å². The maximum absolute atomic E-state index is 11.7. The predicted octanol–water partition coefficient (Wildman–Crippen LogP) is 3.82. The van der Waals surface area contributed by atoms with Gasteiger partial charge in [-0.2, -0.15) is 5.10 Å². The molecule has 0 aliphatic carbocycles. The zero-order chi connectivity index (χ0) is 17.6. The molecule has 2 aromatic carbocycles. The summed E-state index contributed by atoms with van der Waals surface area (Å²) in [5.74, 6) is 0.375. The Balaban J connectivity index is 1.81. The van der Waals surface area contributed by atoms with Crippen LogP contribution in [0.5, 0.6) is 5.75 Å². The first kappa shape index (κ1) is 17.7. The molecule has 0 saturated heterocycles. The van der Waals surface area contributed by atoms with E-state index in [0.29, 0.717) is 5.75 Å². The Labute approximate surface area is 143 Å². The van der Waals surface area contributed by atoms with Crippen LogP contribution in [0.2, 0.25) is 0 Å². The molecular formula is C20H24N2O2. The van der Waals surface area contributed by atoms with Crippen LogP contribution in [-0.2, 0) is 10.2 Å². The number of benzene rings is 2. The molecule has 4 heteroatoms. The van der Waals surface area contributed by atoms with Gasteiger partial charge in [-0.15, -0.1) is 0 Å². The van der Waals surface area contributed by atoms with Crippen LogP contribution in [0.15, 0.2) is 53.6 Å². The average molecular weight is 324 g/mol. The fraction of sp³-hybridized carbons (Fsp3) is 0.300. The van der Waals surface area contributed by atoms with Crippen molar-refractivity contribution in [3.8, 4) is 5.75 Å². The number of carbonyl (C=O) groups is 1. The van der Waals surface area contributed by atoms with Crippen LogP contribution in [0.1, 0.15) is 37.5 Å². The summed E-state index contributed by atoms with van der Waals surface area (Å²) in [6.07, 6.45) is 1.61. The summed E-state index contributed by atoms with van der Waals surface area (Å²) in [6, 6.07) is 15.7. The first-order valence-electron chi connectivity index (χ1n) is 7.96. The van der Waals surface area contributed by atoms with Crippen molar-refractivity contribution in [2.24, 2.45) is 5.10 Å². The number of ether oxygens (including phenoxy) is 1. The Hall–Kier alpha value is -2.62. The summed E-state index contributed by atoms with van der Waals surface area (Å²) >= 11 is 0. The molecular weight excluding hydrogens is 300 g/mol. The Morgan fingerprint density at radius 3 is 2.50 bits per heavy atom. The van der Waals surface area contributed by atoms with Crippen molar-refractivity contribution in [2.75, 3.05) is 6.61 Å². The minimum atomic E-state index is -0.293. The molecule has 24 heavy (non-hydrogen) atoms. The van der Waals surface area contributed by atoms with E-state index < -0.39 is 0 Å². The molecule has 1 N–H and O–H groups in total. The molecule has 0 spiro atoms. The van der Waals surface area contributed by atoms with Crippen LogP contribution in [0.25, 0.3) is 0 Å². The summed E-state index contributed by atoms with van der Waals surface area (Å²) in [4.78, 5) is 11.7. The van der Waals surface area contributed by atoms with E-state index in [4.69, 9.17) is 4.74 Å². The van der Waals surface area contributed by atoms with Crippen molar-refractivity contribution in [1.29, 1.82) is 0 Å². The molecule has 0 unspecified atom stereocenters. The molecule has 0 radical (unpaired) electrons. The van der Waals surface area contributed by atoms with E-state index >= 15 is 0 Å². The zero-order valence-corrected chi connectivity index (χ0v) is 14.7. The Morgan fingerprint density at radius 1 is 1.17 bits per heavy atom. The van der Waals surface area contributed by atoms with Gasteiger partial charge in [0.15, 0.2) is 6.61 Å². The standard InChI is InChI=1S/C20H24N2O2/c1-15-6-5-7-16(12-15)13-21-22-19(23)14-24-18-10-8-17(9-11-18)20(2,3)4/h5-13H,14H2,1-4H3,(H,22,23)/b21-13+. The molecule has 0 fully saturated rings. The number of carbonyl (C=O) groups excluding carboxylic acids is 1. The number of hydrogen-bond donors (Lipinski definition) is 1. The summed E-state index contributed by atoms with van der Waals surface area (Å²) < 4.78 is 5.47. The number of nitrogens with zero attached hydrogens (tertiary/aromatic N) is 1. The highest BCUT2D eigenvalue weighted by Gasteiger charge is 2.13. The van der Waals surface area contributed by atoms with Crippen molar-refractivity contribution in [3.05, 3.63) is 65.2 Å². The fourth-order valence-electron chi connectivity index (χ4n) is 2.16. The highest BCUT2D eigenvalue weighted by Crippen LogP contribution is 2.24. The molecule has 0 aliphatic rings. The lowest BCUT2D eigenvalue weighted by Crippen LogP contribution is -2.24. The molecule has 2 aromatic rings. The fourth-order valence-corrected chi connectivity index (χ4v) is 2.16. The maximum Gasteiger partial charge on any atom is 0.277 e. The topological polar surface area (TPSA) is 50.7 Å². The van der Waals surface area contributed by atoms with Crippen molar-refractivity contribution in [1.82, 2.24) is 5.43 Å². The highest BCUT2D eigenvalue weighted by molar-refractivity contribution is 5.83. The number of hydrogen-bond acceptors (Lipinski definition) is 3. The van der Waals surface area contributed by atoms with Gasteiger partial charge in [-0.25, -0.2) is 5.43 Å². The van der Waals surface area contributed by atoms with Gasteiger partial charge in [0.05, 0.1) is 6.21 Å². The lowest BCUT2D eigenvalue weighted by atomic mass is 9.87. The van der Waals surface area contributed by atoms with Gasteiger partial charge >= 0.3 is 0 Å². The average Bonchev–Trinajstić information content (AvgIpc) is 2.52. The first-order chi connectivity index (χ1) is 11.3. The van der Waals surface area contributed by atoms with E-state index in [9.17, 15) is 4.79 Å². The molecule has 0 saturated carbocycles. The quantitative estimate of drug-likeness (QED) is 0.671.